The molecule has 0 amide bonds. The Hall–Kier alpha value is -1.88. The molecule has 0 bridgehead atoms. The van der Waals surface area contributed by atoms with Crippen molar-refractivity contribution in [1.82, 2.24) is 0 Å². The van der Waals surface area contributed by atoms with Crippen molar-refractivity contribution in [3.8, 4) is 11.5 Å². The molecular weight excluding hydrogens is 240 g/mol. The van der Waals surface area contributed by atoms with Crippen LogP contribution in [0.15, 0.2) is 35.2 Å². The second kappa shape index (κ2) is 4.55. The number of fused-ring (bicyclic) bond motifs is 1. The summed E-state index contributed by atoms with van der Waals surface area (Å²) in [5, 5.41) is 28.8. The average Bonchev–Trinajstić information content (AvgIpc) is 2.28. The highest BCUT2D eigenvalue weighted by Crippen LogP contribution is 2.32. The molecule has 17 heavy (non-hydrogen) atoms. The van der Waals surface area contributed by atoms with Gasteiger partial charge in [0, 0.05) is 4.90 Å². The third kappa shape index (κ3) is 2.62. The number of benzene rings is 2. The molecule has 0 spiro atoms. The number of phenols is 2. The minimum absolute atomic E-state index is 0.00439. The number of carboxylic acids is 1. The zero-order valence-corrected chi connectivity index (χ0v) is 9.57. The summed E-state index contributed by atoms with van der Waals surface area (Å²) in [6.45, 7) is 0. The first kappa shape index (κ1) is 11.6. The Kier molecular flexibility index (Phi) is 3.10. The van der Waals surface area contributed by atoms with E-state index in [0.29, 0.717) is 0 Å². The van der Waals surface area contributed by atoms with Gasteiger partial charge in [0.15, 0.2) is 11.5 Å². The van der Waals surface area contributed by atoms with Gasteiger partial charge in [-0.25, -0.2) is 0 Å². The van der Waals surface area contributed by atoms with Gasteiger partial charge < -0.3 is 15.3 Å². The first-order chi connectivity index (χ1) is 8.06. The number of carbonyl (C=O) groups is 1. The van der Waals surface area contributed by atoms with Gasteiger partial charge in [-0.2, -0.15) is 0 Å². The maximum absolute atomic E-state index is 10.4. The van der Waals surface area contributed by atoms with E-state index in [-0.39, 0.29) is 17.3 Å². The minimum Gasteiger partial charge on any atom is -0.504 e. The van der Waals surface area contributed by atoms with Crippen molar-refractivity contribution in [3.63, 3.8) is 0 Å². The van der Waals surface area contributed by atoms with Crippen LogP contribution in [0.2, 0.25) is 0 Å². The quantitative estimate of drug-likeness (QED) is 0.576. The Bertz CT molecular complexity index is 580. The zero-order chi connectivity index (χ0) is 12.4. The predicted molar refractivity (Wildman–Crippen MR) is 65.6 cm³/mol. The lowest BCUT2D eigenvalue weighted by Crippen LogP contribution is -1.97. The normalized spacial score (nSPS) is 10.6. The maximum atomic E-state index is 10.4. The zero-order valence-electron chi connectivity index (χ0n) is 8.75. The SMILES string of the molecule is O=C(O)CSc1ccc2cc(O)c(O)cc2c1. The van der Waals surface area contributed by atoms with Crippen molar-refractivity contribution in [1.29, 1.82) is 0 Å². The van der Waals surface area contributed by atoms with Crippen LogP contribution in [0.1, 0.15) is 0 Å². The maximum Gasteiger partial charge on any atom is 0.313 e. The molecule has 0 aliphatic heterocycles. The Morgan fingerprint density at radius 2 is 1.71 bits per heavy atom. The van der Waals surface area contributed by atoms with Crippen LogP contribution in [-0.2, 0) is 4.79 Å². The smallest absolute Gasteiger partial charge is 0.313 e. The van der Waals surface area contributed by atoms with Crippen molar-refractivity contribution in [2.24, 2.45) is 0 Å². The molecule has 5 heteroatoms. The van der Waals surface area contributed by atoms with E-state index in [1.54, 1.807) is 18.2 Å². The van der Waals surface area contributed by atoms with Gasteiger partial charge in [-0.05, 0) is 35.0 Å². The van der Waals surface area contributed by atoms with Crippen molar-refractivity contribution in [2.75, 3.05) is 5.75 Å². The van der Waals surface area contributed by atoms with Gasteiger partial charge in [-0.3, -0.25) is 4.79 Å². The number of aliphatic carboxylic acids is 1. The van der Waals surface area contributed by atoms with Crippen molar-refractivity contribution in [3.05, 3.63) is 30.3 Å². The van der Waals surface area contributed by atoms with Gasteiger partial charge in [0.25, 0.3) is 0 Å². The monoisotopic (exact) mass is 250 g/mol. The van der Waals surface area contributed by atoms with Crippen LogP contribution >= 0.6 is 11.8 Å². The number of hydrogen-bond donors (Lipinski definition) is 3. The summed E-state index contributed by atoms with van der Waals surface area (Å²) in [7, 11) is 0. The third-order valence-electron chi connectivity index (χ3n) is 2.27. The van der Waals surface area contributed by atoms with Crippen LogP contribution in [0.5, 0.6) is 11.5 Å². The van der Waals surface area contributed by atoms with E-state index in [9.17, 15) is 15.0 Å². The first-order valence-corrected chi connectivity index (χ1v) is 5.85. The van der Waals surface area contributed by atoms with Crippen LogP contribution in [0, 0.1) is 0 Å². The van der Waals surface area contributed by atoms with Gasteiger partial charge in [0.1, 0.15) is 0 Å². The Morgan fingerprint density at radius 1 is 1.06 bits per heavy atom. The molecule has 0 saturated carbocycles. The average molecular weight is 250 g/mol. The van der Waals surface area contributed by atoms with E-state index >= 15 is 0 Å². The van der Waals surface area contributed by atoms with Gasteiger partial charge >= 0.3 is 5.97 Å². The van der Waals surface area contributed by atoms with E-state index in [1.807, 2.05) is 0 Å². The Balaban J connectivity index is 2.36. The van der Waals surface area contributed by atoms with E-state index in [2.05, 4.69) is 0 Å². The molecule has 0 unspecified atom stereocenters. The molecule has 0 saturated heterocycles. The third-order valence-corrected chi connectivity index (χ3v) is 3.25. The summed E-state index contributed by atoms with van der Waals surface area (Å²) in [5.74, 6) is -1.22. The second-order valence-corrected chi connectivity index (χ2v) is 4.58. The molecule has 0 aliphatic rings. The predicted octanol–water partition coefficient (Wildman–Crippen LogP) is 2.43. The van der Waals surface area contributed by atoms with Crippen LogP contribution in [-0.4, -0.2) is 27.0 Å². The molecule has 0 heterocycles. The van der Waals surface area contributed by atoms with E-state index in [0.717, 1.165) is 15.7 Å². The number of rotatable bonds is 3. The van der Waals surface area contributed by atoms with Crippen LogP contribution in [0.25, 0.3) is 10.8 Å². The molecule has 2 aromatic rings. The fraction of sp³-hybridized carbons (Fsp3) is 0.0833. The summed E-state index contributed by atoms with van der Waals surface area (Å²) < 4.78 is 0. The molecule has 0 atom stereocenters. The molecule has 0 aliphatic carbocycles. The fourth-order valence-electron chi connectivity index (χ4n) is 1.49. The lowest BCUT2D eigenvalue weighted by atomic mass is 10.1. The van der Waals surface area contributed by atoms with Crippen LogP contribution in [0.3, 0.4) is 0 Å². The highest BCUT2D eigenvalue weighted by Gasteiger charge is 2.04. The van der Waals surface area contributed by atoms with Gasteiger partial charge in [-0.15, -0.1) is 11.8 Å². The van der Waals surface area contributed by atoms with E-state index in [4.69, 9.17) is 5.11 Å². The lowest BCUT2D eigenvalue weighted by Gasteiger charge is -2.04. The number of carboxylic acid groups (broad SMARTS) is 1. The van der Waals surface area contributed by atoms with Crippen molar-refractivity contribution >= 4 is 28.5 Å². The summed E-state index contributed by atoms with van der Waals surface area (Å²) >= 11 is 1.21. The van der Waals surface area contributed by atoms with Crippen molar-refractivity contribution in [2.45, 2.75) is 4.90 Å². The standard InChI is InChI=1S/C12H10O4S/c13-10-4-7-1-2-9(17-6-12(15)16)3-8(7)5-11(10)14/h1-5,13-14H,6H2,(H,15,16). The molecule has 0 fully saturated rings. The largest absolute Gasteiger partial charge is 0.504 e. The molecule has 4 nitrogen and oxygen atoms in total. The Labute approximate surface area is 102 Å². The number of phenolic OH excluding ortho intramolecular Hbond substituents is 2. The van der Waals surface area contributed by atoms with Gasteiger partial charge in [0.05, 0.1) is 5.75 Å². The molecule has 2 aromatic carbocycles. The number of hydrogen-bond acceptors (Lipinski definition) is 4. The summed E-state index contributed by atoms with van der Waals surface area (Å²) in [6.07, 6.45) is 0. The summed E-state index contributed by atoms with van der Waals surface area (Å²) in [4.78, 5) is 11.3. The van der Waals surface area contributed by atoms with E-state index < -0.39 is 5.97 Å². The molecule has 88 valence electrons. The number of aromatic hydroxyl groups is 2. The minimum atomic E-state index is -0.872. The highest BCUT2D eigenvalue weighted by atomic mass is 32.2. The molecular formula is C12H10O4S. The van der Waals surface area contributed by atoms with Gasteiger partial charge in [0.2, 0.25) is 0 Å². The topological polar surface area (TPSA) is 77.8 Å². The van der Waals surface area contributed by atoms with E-state index in [1.165, 1.54) is 23.9 Å². The second-order valence-electron chi connectivity index (χ2n) is 3.53. The molecule has 3 N–H and O–H groups in total. The molecule has 0 aromatic heterocycles. The summed E-state index contributed by atoms with van der Waals surface area (Å²) in [6, 6.07) is 8.26. The van der Waals surface area contributed by atoms with Crippen molar-refractivity contribution < 1.29 is 20.1 Å². The summed E-state index contributed by atoms with van der Waals surface area (Å²) in [5.41, 5.74) is 0. The van der Waals surface area contributed by atoms with Gasteiger partial charge in [-0.1, -0.05) is 6.07 Å². The highest BCUT2D eigenvalue weighted by molar-refractivity contribution is 8.00. The first-order valence-electron chi connectivity index (χ1n) is 4.86. The molecule has 2 rings (SSSR count). The van der Waals surface area contributed by atoms with Crippen LogP contribution in [0.4, 0.5) is 0 Å². The fourth-order valence-corrected chi connectivity index (χ4v) is 2.15. The van der Waals surface area contributed by atoms with Crippen LogP contribution < -0.4 is 0 Å². The molecule has 0 radical (unpaired) electrons. The Morgan fingerprint density at radius 3 is 2.35 bits per heavy atom. The lowest BCUT2D eigenvalue weighted by molar-refractivity contribution is -0.133. The number of thioether (sulfide) groups is 1.